The lowest BCUT2D eigenvalue weighted by atomic mass is 10.1. The van der Waals surface area contributed by atoms with Crippen molar-refractivity contribution in [1.82, 2.24) is 34.8 Å². The third kappa shape index (κ3) is 2.60. The van der Waals surface area contributed by atoms with Gasteiger partial charge in [-0.2, -0.15) is 5.10 Å². The number of aromatic nitrogens is 6. The normalized spacial score (nSPS) is 15.4. The summed E-state index contributed by atoms with van der Waals surface area (Å²) in [6.45, 7) is 5.55. The molecule has 0 saturated heterocycles. The van der Waals surface area contributed by atoms with Crippen LogP contribution >= 0.6 is 0 Å². The maximum atomic E-state index is 12.5. The zero-order valence-corrected chi connectivity index (χ0v) is 13.0. The van der Waals surface area contributed by atoms with Crippen molar-refractivity contribution >= 4 is 5.91 Å². The first-order valence-electron chi connectivity index (χ1n) is 7.85. The van der Waals surface area contributed by atoms with E-state index in [0.29, 0.717) is 5.82 Å². The van der Waals surface area contributed by atoms with Crippen molar-refractivity contribution in [2.75, 3.05) is 0 Å². The van der Waals surface area contributed by atoms with E-state index in [0.717, 1.165) is 50.4 Å². The highest BCUT2D eigenvalue weighted by Crippen LogP contribution is 2.17. The second-order valence-corrected chi connectivity index (χ2v) is 5.42. The van der Waals surface area contributed by atoms with Crippen molar-refractivity contribution in [3.05, 3.63) is 23.8 Å². The highest BCUT2D eigenvalue weighted by Gasteiger charge is 2.24. The third-order valence-corrected chi connectivity index (χ3v) is 4.03. The van der Waals surface area contributed by atoms with Gasteiger partial charge >= 0.3 is 0 Å². The number of carbonyl (C=O) groups is 1. The van der Waals surface area contributed by atoms with Gasteiger partial charge < -0.3 is 9.88 Å². The molecule has 0 spiro atoms. The van der Waals surface area contributed by atoms with Gasteiger partial charge in [0.2, 0.25) is 5.82 Å². The van der Waals surface area contributed by atoms with Crippen molar-refractivity contribution in [3.63, 3.8) is 0 Å². The van der Waals surface area contributed by atoms with E-state index in [1.165, 1.54) is 6.33 Å². The fourth-order valence-electron chi connectivity index (χ4n) is 2.83. The van der Waals surface area contributed by atoms with Crippen LogP contribution < -0.4 is 5.32 Å². The van der Waals surface area contributed by atoms with Crippen LogP contribution in [0.4, 0.5) is 0 Å². The minimum absolute atomic E-state index is 0.175. The summed E-state index contributed by atoms with van der Waals surface area (Å²) in [5.41, 5.74) is 0. The van der Waals surface area contributed by atoms with Gasteiger partial charge in [-0.15, -0.1) is 10.2 Å². The van der Waals surface area contributed by atoms with Crippen molar-refractivity contribution in [1.29, 1.82) is 0 Å². The van der Waals surface area contributed by atoms with E-state index in [-0.39, 0.29) is 11.9 Å². The Morgan fingerprint density at radius 2 is 2.23 bits per heavy atom. The number of nitrogens with one attached hydrogen (secondary N) is 1. The van der Waals surface area contributed by atoms with Crippen LogP contribution in [-0.4, -0.2) is 35.4 Å². The Hall–Kier alpha value is -2.25. The topological polar surface area (TPSA) is 90.5 Å². The molecule has 0 saturated carbocycles. The molecule has 118 valence electrons. The minimum Gasteiger partial charge on any atom is -0.339 e. The molecule has 8 heteroatoms. The van der Waals surface area contributed by atoms with Gasteiger partial charge in [0.25, 0.3) is 5.91 Å². The van der Waals surface area contributed by atoms with E-state index in [2.05, 4.69) is 25.6 Å². The highest BCUT2D eigenvalue weighted by atomic mass is 16.2. The molecule has 0 fully saturated rings. The minimum atomic E-state index is -0.196. The molecule has 1 atom stereocenters. The number of nitrogens with zero attached hydrogens (tertiary/aromatic N) is 6. The predicted octanol–water partition coefficient (Wildman–Crippen LogP) is 1.11. The Labute approximate surface area is 128 Å². The van der Waals surface area contributed by atoms with Crippen molar-refractivity contribution in [2.45, 2.75) is 58.7 Å². The summed E-state index contributed by atoms with van der Waals surface area (Å²) in [6, 6.07) is -0.175. The van der Waals surface area contributed by atoms with Crippen molar-refractivity contribution in [3.8, 4) is 0 Å². The number of fused-ring (bicyclic) bond motifs is 1. The van der Waals surface area contributed by atoms with Crippen molar-refractivity contribution in [2.24, 2.45) is 0 Å². The molecule has 3 heterocycles. The van der Waals surface area contributed by atoms with Crippen LogP contribution in [0.25, 0.3) is 0 Å². The first-order valence-corrected chi connectivity index (χ1v) is 7.85. The summed E-state index contributed by atoms with van der Waals surface area (Å²) in [4.78, 5) is 16.8. The average Bonchev–Trinajstić information content (AvgIpc) is 3.18. The van der Waals surface area contributed by atoms with Gasteiger partial charge in [-0.05, 0) is 26.2 Å². The summed E-state index contributed by atoms with van der Waals surface area (Å²) in [5, 5.41) is 15.4. The molecule has 1 aliphatic heterocycles. The Bertz CT molecular complexity index is 660. The zero-order valence-electron chi connectivity index (χ0n) is 13.0. The highest BCUT2D eigenvalue weighted by molar-refractivity contribution is 5.91. The van der Waals surface area contributed by atoms with E-state index in [1.54, 1.807) is 4.68 Å². The van der Waals surface area contributed by atoms with Crippen molar-refractivity contribution < 1.29 is 4.79 Å². The van der Waals surface area contributed by atoms with Crippen LogP contribution in [-0.2, 0) is 19.5 Å². The number of hydrogen-bond donors (Lipinski definition) is 1. The quantitative estimate of drug-likeness (QED) is 0.893. The molecule has 8 nitrogen and oxygen atoms in total. The number of amides is 1. The fourth-order valence-corrected chi connectivity index (χ4v) is 2.83. The van der Waals surface area contributed by atoms with Gasteiger partial charge in [-0.1, -0.05) is 6.92 Å². The van der Waals surface area contributed by atoms with Gasteiger partial charge in [-0.3, -0.25) is 4.79 Å². The first kappa shape index (κ1) is 14.7. The molecular formula is C14H21N7O. The molecule has 1 amide bonds. The number of aryl methyl sites for hydroxylation is 2. The molecule has 2 aromatic heterocycles. The van der Waals surface area contributed by atoms with Gasteiger partial charge in [0.15, 0.2) is 0 Å². The smallest absolute Gasteiger partial charge is 0.289 e. The largest absolute Gasteiger partial charge is 0.339 e. The van der Waals surface area contributed by atoms with Gasteiger partial charge in [-0.25, -0.2) is 9.67 Å². The van der Waals surface area contributed by atoms with E-state index in [4.69, 9.17) is 0 Å². The van der Waals surface area contributed by atoms with Crippen LogP contribution in [0.1, 0.15) is 61.4 Å². The first-order chi connectivity index (χ1) is 10.7. The molecule has 1 aliphatic rings. The Morgan fingerprint density at radius 3 is 3.00 bits per heavy atom. The van der Waals surface area contributed by atoms with E-state index in [9.17, 15) is 4.79 Å². The van der Waals surface area contributed by atoms with Gasteiger partial charge in [0.1, 0.15) is 18.0 Å². The SMILES string of the molecule is CC[C@H](NC(=O)c1nnc2n1CCCC2)c1ncnn1CC. The Morgan fingerprint density at radius 1 is 1.36 bits per heavy atom. The van der Waals surface area contributed by atoms with Gasteiger partial charge in [0, 0.05) is 19.5 Å². The molecule has 0 aromatic carbocycles. The van der Waals surface area contributed by atoms with Crippen LogP contribution in [0.5, 0.6) is 0 Å². The summed E-state index contributed by atoms with van der Waals surface area (Å²) < 4.78 is 3.73. The maximum Gasteiger partial charge on any atom is 0.289 e. The number of carbonyl (C=O) groups excluding carboxylic acids is 1. The average molecular weight is 303 g/mol. The standard InChI is InChI=1S/C14H21N7O/c1-3-10(12-15-9-16-21(12)4-2)17-14(22)13-19-18-11-7-5-6-8-20(11)13/h9-10H,3-8H2,1-2H3,(H,17,22)/t10-/m0/s1. The monoisotopic (exact) mass is 303 g/mol. The molecule has 0 unspecified atom stereocenters. The maximum absolute atomic E-state index is 12.5. The lowest BCUT2D eigenvalue weighted by Gasteiger charge is -2.18. The third-order valence-electron chi connectivity index (χ3n) is 4.03. The molecule has 0 bridgehead atoms. The summed E-state index contributed by atoms with van der Waals surface area (Å²) in [5.74, 6) is 1.88. The molecule has 0 aliphatic carbocycles. The lowest BCUT2D eigenvalue weighted by molar-refractivity contribution is 0.0916. The molecule has 2 aromatic rings. The van der Waals surface area contributed by atoms with Crippen LogP contribution in [0, 0.1) is 0 Å². The fraction of sp³-hybridized carbons (Fsp3) is 0.643. The lowest BCUT2D eigenvalue weighted by Crippen LogP contribution is -2.33. The van der Waals surface area contributed by atoms with E-state index >= 15 is 0 Å². The molecule has 0 radical (unpaired) electrons. The van der Waals surface area contributed by atoms with Gasteiger partial charge in [0.05, 0.1) is 6.04 Å². The van der Waals surface area contributed by atoms with Crippen LogP contribution in [0.2, 0.25) is 0 Å². The van der Waals surface area contributed by atoms with Crippen LogP contribution in [0.3, 0.4) is 0 Å². The van der Waals surface area contributed by atoms with E-state index < -0.39 is 0 Å². The van der Waals surface area contributed by atoms with E-state index in [1.807, 2.05) is 18.4 Å². The van der Waals surface area contributed by atoms with Crippen LogP contribution in [0.15, 0.2) is 6.33 Å². The predicted molar refractivity (Wildman–Crippen MR) is 79.2 cm³/mol. The summed E-state index contributed by atoms with van der Waals surface area (Å²) in [7, 11) is 0. The second-order valence-electron chi connectivity index (χ2n) is 5.42. The molecule has 22 heavy (non-hydrogen) atoms. The number of hydrogen-bond acceptors (Lipinski definition) is 5. The molecule has 1 N–H and O–H groups in total. The Balaban J connectivity index is 1.79. The Kier molecular flexibility index (Phi) is 4.17. The summed E-state index contributed by atoms with van der Waals surface area (Å²) >= 11 is 0. The summed E-state index contributed by atoms with van der Waals surface area (Å²) in [6.07, 6.45) is 5.32. The molecular weight excluding hydrogens is 282 g/mol. The zero-order chi connectivity index (χ0) is 15.5. The second kappa shape index (κ2) is 6.25. The molecule has 3 rings (SSSR count). The number of rotatable bonds is 5.